The van der Waals surface area contributed by atoms with Gasteiger partial charge in [-0.3, -0.25) is 0 Å². The highest BCUT2D eigenvalue weighted by molar-refractivity contribution is 6.37. The maximum absolute atomic E-state index is 6.00. The van der Waals surface area contributed by atoms with Crippen LogP contribution in [0.1, 0.15) is 0 Å². The number of benzene rings is 1. The maximum Gasteiger partial charge on any atom is 0.208 e. The molecule has 0 unspecified atom stereocenters. The van der Waals surface area contributed by atoms with Gasteiger partial charge in [0.2, 0.25) is 5.95 Å². The van der Waals surface area contributed by atoms with Crippen molar-refractivity contribution in [3.05, 3.63) is 40.9 Å². The van der Waals surface area contributed by atoms with Crippen LogP contribution in [0.4, 0.5) is 11.6 Å². The van der Waals surface area contributed by atoms with E-state index in [1.165, 1.54) is 6.33 Å². The fraction of sp³-hybridized carbons (Fsp3) is 0.0833. The Morgan fingerprint density at radius 1 is 1.11 bits per heavy atom. The third-order valence-corrected chi connectivity index (χ3v) is 3.35. The van der Waals surface area contributed by atoms with Gasteiger partial charge in [-0.15, -0.1) is 0 Å². The summed E-state index contributed by atoms with van der Waals surface area (Å²) in [4.78, 5) is 12.2. The number of hydrogen-bond donors (Lipinski definition) is 1. The second-order valence-electron chi connectivity index (χ2n) is 3.94. The van der Waals surface area contributed by atoms with E-state index in [1.807, 2.05) is 35.9 Å². The highest BCUT2D eigenvalue weighted by Gasteiger charge is 2.12. The van der Waals surface area contributed by atoms with Crippen molar-refractivity contribution in [3.63, 3.8) is 0 Å². The van der Waals surface area contributed by atoms with Gasteiger partial charge in [0.25, 0.3) is 0 Å². The average Bonchev–Trinajstić information content (AvgIpc) is 2.72. The normalized spacial score (nSPS) is 10.9. The Morgan fingerprint density at radius 3 is 2.47 bits per heavy atom. The van der Waals surface area contributed by atoms with Gasteiger partial charge in [0.1, 0.15) is 12.0 Å². The first-order valence-electron chi connectivity index (χ1n) is 5.51. The van der Waals surface area contributed by atoms with Crippen LogP contribution in [0.15, 0.2) is 30.6 Å². The third-order valence-electron chi connectivity index (χ3n) is 2.78. The quantitative estimate of drug-likeness (QED) is 0.736. The molecule has 19 heavy (non-hydrogen) atoms. The van der Waals surface area contributed by atoms with Gasteiger partial charge in [0, 0.05) is 7.05 Å². The minimum absolute atomic E-state index is 0.257. The molecule has 0 radical (unpaired) electrons. The summed E-state index contributed by atoms with van der Waals surface area (Å²) in [6.07, 6.45) is 1.31. The number of fused-ring (bicyclic) bond motifs is 1. The van der Waals surface area contributed by atoms with Crippen LogP contribution in [0, 0.1) is 0 Å². The fourth-order valence-electron chi connectivity index (χ4n) is 1.82. The minimum atomic E-state index is 0.257. The summed E-state index contributed by atoms with van der Waals surface area (Å²) >= 11 is 12.0. The van der Waals surface area contributed by atoms with Crippen LogP contribution in [0.2, 0.25) is 10.3 Å². The van der Waals surface area contributed by atoms with E-state index < -0.39 is 0 Å². The molecule has 1 aromatic carbocycles. The first-order chi connectivity index (χ1) is 9.16. The number of nitrogens with one attached hydrogen (secondary N) is 1. The molecule has 1 N–H and O–H groups in total. The smallest absolute Gasteiger partial charge is 0.208 e. The molecule has 7 heteroatoms. The van der Waals surface area contributed by atoms with Gasteiger partial charge in [-0.25, -0.2) is 15.0 Å². The van der Waals surface area contributed by atoms with Crippen LogP contribution in [0.25, 0.3) is 11.0 Å². The van der Waals surface area contributed by atoms with Gasteiger partial charge < -0.3 is 9.88 Å². The lowest BCUT2D eigenvalue weighted by Crippen LogP contribution is -2.01. The molecule has 3 rings (SSSR count). The van der Waals surface area contributed by atoms with Gasteiger partial charge in [0.15, 0.2) is 10.3 Å². The van der Waals surface area contributed by atoms with Gasteiger partial charge in [-0.05, 0) is 12.1 Å². The molecule has 0 spiro atoms. The van der Waals surface area contributed by atoms with Gasteiger partial charge in [-0.1, -0.05) is 35.3 Å². The molecule has 0 atom stereocenters. The van der Waals surface area contributed by atoms with E-state index in [1.54, 1.807) is 0 Å². The van der Waals surface area contributed by atoms with E-state index in [0.29, 0.717) is 11.6 Å². The third kappa shape index (κ3) is 2.11. The molecule has 5 nitrogen and oxygen atoms in total. The molecule has 0 bridgehead atoms. The van der Waals surface area contributed by atoms with Crippen LogP contribution in [-0.2, 0) is 7.05 Å². The van der Waals surface area contributed by atoms with Gasteiger partial charge >= 0.3 is 0 Å². The lowest BCUT2D eigenvalue weighted by molar-refractivity contribution is 0.956. The predicted octanol–water partition coefficient (Wildman–Crippen LogP) is 3.41. The lowest BCUT2D eigenvalue weighted by Gasteiger charge is -2.08. The molecule has 2 aromatic heterocycles. The zero-order valence-corrected chi connectivity index (χ0v) is 11.4. The van der Waals surface area contributed by atoms with Crippen LogP contribution in [-0.4, -0.2) is 19.5 Å². The molecule has 0 fully saturated rings. The highest BCUT2D eigenvalue weighted by Crippen LogP contribution is 2.29. The summed E-state index contributed by atoms with van der Waals surface area (Å²) in [6.45, 7) is 0. The Kier molecular flexibility index (Phi) is 3.00. The Hall–Kier alpha value is -1.85. The Labute approximate surface area is 119 Å². The van der Waals surface area contributed by atoms with Crippen molar-refractivity contribution in [2.75, 3.05) is 5.32 Å². The summed E-state index contributed by atoms with van der Waals surface area (Å²) in [7, 11) is 1.91. The van der Waals surface area contributed by atoms with Crippen molar-refractivity contribution in [1.29, 1.82) is 0 Å². The van der Waals surface area contributed by atoms with Crippen LogP contribution >= 0.6 is 23.2 Å². The lowest BCUT2D eigenvalue weighted by atomic mass is 10.3. The van der Waals surface area contributed by atoms with Crippen LogP contribution < -0.4 is 5.32 Å². The Balaban J connectivity index is 2.09. The van der Waals surface area contributed by atoms with E-state index in [0.717, 1.165) is 11.0 Å². The molecule has 2 heterocycles. The van der Waals surface area contributed by atoms with Crippen LogP contribution in [0.3, 0.4) is 0 Å². The summed E-state index contributed by atoms with van der Waals surface area (Å²) < 4.78 is 1.91. The first kappa shape index (κ1) is 12.2. The molecular formula is C12H9Cl2N5. The monoisotopic (exact) mass is 293 g/mol. The van der Waals surface area contributed by atoms with Crippen molar-refractivity contribution < 1.29 is 0 Å². The summed E-state index contributed by atoms with van der Waals surface area (Å²) in [5.74, 6) is 0.625. The number of hydrogen-bond acceptors (Lipinski definition) is 4. The standard InChI is InChI=1S/C12H9Cl2N5/c1-19-8-5-3-2-4-7(8)17-12(19)18-9-10(13)15-6-16-11(9)14/h2-6H,1H3,(H,17,18). The molecule has 96 valence electrons. The van der Waals surface area contributed by atoms with E-state index in [2.05, 4.69) is 20.3 Å². The Bertz CT molecular complexity index is 733. The number of nitrogens with zero attached hydrogens (tertiary/aromatic N) is 4. The second-order valence-corrected chi connectivity index (χ2v) is 4.65. The number of para-hydroxylation sites is 2. The summed E-state index contributed by atoms with van der Waals surface area (Å²) in [6, 6.07) is 7.81. The van der Waals surface area contributed by atoms with Crippen molar-refractivity contribution in [1.82, 2.24) is 19.5 Å². The molecule has 0 saturated carbocycles. The molecular weight excluding hydrogens is 285 g/mol. The number of aromatic nitrogens is 4. The summed E-state index contributed by atoms with van der Waals surface area (Å²) in [5, 5.41) is 3.57. The van der Waals surface area contributed by atoms with Crippen molar-refractivity contribution in [2.45, 2.75) is 0 Å². The van der Waals surface area contributed by atoms with E-state index >= 15 is 0 Å². The van der Waals surface area contributed by atoms with Crippen molar-refractivity contribution >= 4 is 45.9 Å². The Morgan fingerprint density at radius 2 is 1.79 bits per heavy atom. The van der Waals surface area contributed by atoms with Crippen molar-refractivity contribution in [3.8, 4) is 0 Å². The topological polar surface area (TPSA) is 55.6 Å². The minimum Gasteiger partial charge on any atom is -0.320 e. The molecule has 0 aliphatic heterocycles. The second kappa shape index (κ2) is 4.68. The van der Waals surface area contributed by atoms with E-state index in [4.69, 9.17) is 23.2 Å². The highest BCUT2D eigenvalue weighted by atomic mass is 35.5. The predicted molar refractivity (Wildman–Crippen MR) is 76.0 cm³/mol. The zero-order chi connectivity index (χ0) is 13.4. The van der Waals surface area contributed by atoms with E-state index in [9.17, 15) is 0 Å². The number of anilines is 2. The van der Waals surface area contributed by atoms with E-state index in [-0.39, 0.29) is 10.3 Å². The molecule has 3 aromatic rings. The molecule has 0 amide bonds. The summed E-state index contributed by atoms with van der Waals surface area (Å²) in [5.41, 5.74) is 2.34. The van der Waals surface area contributed by atoms with Gasteiger partial charge in [-0.2, -0.15) is 0 Å². The first-order valence-corrected chi connectivity index (χ1v) is 6.27. The SMILES string of the molecule is Cn1c(Nc2c(Cl)ncnc2Cl)nc2ccccc21. The molecule has 0 saturated heterocycles. The zero-order valence-electron chi connectivity index (χ0n) is 9.93. The number of halogens is 2. The van der Waals surface area contributed by atoms with Crippen LogP contribution in [0.5, 0.6) is 0 Å². The average molecular weight is 294 g/mol. The number of aryl methyl sites for hydroxylation is 1. The number of rotatable bonds is 2. The number of imidazole rings is 1. The van der Waals surface area contributed by atoms with Crippen molar-refractivity contribution in [2.24, 2.45) is 7.05 Å². The van der Waals surface area contributed by atoms with Gasteiger partial charge in [0.05, 0.1) is 11.0 Å². The molecule has 0 aliphatic carbocycles. The maximum atomic E-state index is 6.00. The fourth-order valence-corrected chi connectivity index (χ4v) is 2.23. The molecule has 0 aliphatic rings. The largest absolute Gasteiger partial charge is 0.320 e.